The van der Waals surface area contributed by atoms with Crippen LogP contribution in [0.4, 0.5) is 5.13 Å². The molecule has 0 unspecified atom stereocenters. The second kappa shape index (κ2) is 7.97. The molecule has 0 saturated heterocycles. The summed E-state index contributed by atoms with van der Waals surface area (Å²) in [7, 11) is 1.64. The summed E-state index contributed by atoms with van der Waals surface area (Å²) in [5, 5.41) is 8.36. The molecule has 0 fully saturated rings. The Morgan fingerprint density at radius 3 is 2.73 bits per heavy atom. The number of amides is 1. The first-order chi connectivity index (χ1) is 12.5. The number of nitrogens with zero attached hydrogens (tertiary/aromatic N) is 2. The van der Waals surface area contributed by atoms with Crippen molar-refractivity contribution in [2.24, 2.45) is 0 Å². The van der Waals surface area contributed by atoms with Crippen LogP contribution in [0.1, 0.15) is 36.0 Å². The van der Waals surface area contributed by atoms with Gasteiger partial charge in [-0.25, -0.2) is 9.97 Å². The maximum Gasteiger partial charge on any atom is 0.232 e. The van der Waals surface area contributed by atoms with Crippen molar-refractivity contribution in [3.05, 3.63) is 45.2 Å². The van der Waals surface area contributed by atoms with Gasteiger partial charge < -0.3 is 10.1 Å². The predicted molar refractivity (Wildman–Crippen MR) is 107 cm³/mol. The molecule has 7 heteroatoms. The highest BCUT2D eigenvalue weighted by molar-refractivity contribution is 7.14. The van der Waals surface area contributed by atoms with Crippen LogP contribution in [0.5, 0.6) is 5.75 Å². The van der Waals surface area contributed by atoms with Gasteiger partial charge in [-0.2, -0.15) is 0 Å². The van der Waals surface area contributed by atoms with Gasteiger partial charge in [-0.3, -0.25) is 4.79 Å². The van der Waals surface area contributed by atoms with Gasteiger partial charge in [0.05, 0.1) is 29.9 Å². The van der Waals surface area contributed by atoms with E-state index in [0.717, 1.165) is 33.3 Å². The van der Waals surface area contributed by atoms with Crippen LogP contribution in [0.2, 0.25) is 0 Å². The van der Waals surface area contributed by atoms with E-state index in [2.05, 4.69) is 29.1 Å². The van der Waals surface area contributed by atoms with Crippen LogP contribution < -0.4 is 10.1 Å². The van der Waals surface area contributed by atoms with Gasteiger partial charge in [0.15, 0.2) is 5.13 Å². The SMILES string of the molecule is COc1ccc(C)cc1-c1csc(NC(=O)Cc2csc(C(C)C)n2)n1. The number of anilines is 1. The Balaban J connectivity index is 1.70. The van der Waals surface area contributed by atoms with Gasteiger partial charge in [-0.1, -0.05) is 25.5 Å². The van der Waals surface area contributed by atoms with Gasteiger partial charge in [0.2, 0.25) is 5.91 Å². The molecule has 1 aromatic carbocycles. The number of hydrogen-bond acceptors (Lipinski definition) is 6. The summed E-state index contributed by atoms with van der Waals surface area (Å²) in [4.78, 5) is 21.3. The Kier molecular flexibility index (Phi) is 5.68. The highest BCUT2D eigenvalue weighted by Gasteiger charge is 2.14. The third kappa shape index (κ3) is 4.28. The molecule has 136 valence electrons. The monoisotopic (exact) mass is 387 g/mol. The van der Waals surface area contributed by atoms with Crippen molar-refractivity contribution in [1.29, 1.82) is 0 Å². The normalized spacial score (nSPS) is 11.0. The Morgan fingerprint density at radius 2 is 2.04 bits per heavy atom. The maximum absolute atomic E-state index is 12.3. The van der Waals surface area contributed by atoms with Gasteiger partial charge in [-0.15, -0.1) is 22.7 Å². The number of aryl methyl sites for hydroxylation is 1. The number of benzene rings is 1. The fourth-order valence-electron chi connectivity index (χ4n) is 2.47. The number of ether oxygens (including phenoxy) is 1. The second-order valence-corrected chi connectivity index (χ2v) is 8.05. The topological polar surface area (TPSA) is 64.1 Å². The minimum absolute atomic E-state index is 0.109. The molecule has 0 aliphatic heterocycles. The summed E-state index contributed by atoms with van der Waals surface area (Å²) in [5.41, 5.74) is 3.64. The zero-order chi connectivity index (χ0) is 18.7. The van der Waals surface area contributed by atoms with Crippen molar-refractivity contribution in [2.45, 2.75) is 33.1 Å². The molecule has 0 atom stereocenters. The number of hydrogen-bond donors (Lipinski definition) is 1. The Bertz CT molecular complexity index is 915. The van der Waals surface area contributed by atoms with E-state index < -0.39 is 0 Å². The Morgan fingerprint density at radius 1 is 1.23 bits per heavy atom. The van der Waals surface area contributed by atoms with Crippen LogP contribution in [0.3, 0.4) is 0 Å². The van der Waals surface area contributed by atoms with Crippen LogP contribution in [0, 0.1) is 6.92 Å². The molecule has 3 aromatic rings. The van der Waals surface area contributed by atoms with Crippen molar-refractivity contribution < 1.29 is 9.53 Å². The quantitative estimate of drug-likeness (QED) is 0.654. The molecule has 0 saturated carbocycles. The van der Waals surface area contributed by atoms with E-state index in [1.165, 1.54) is 11.3 Å². The molecule has 2 aromatic heterocycles. The fourth-order valence-corrected chi connectivity index (χ4v) is 4.04. The zero-order valence-electron chi connectivity index (χ0n) is 15.2. The van der Waals surface area contributed by atoms with Crippen molar-refractivity contribution in [3.63, 3.8) is 0 Å². The molecule has 0 bridgehead atoms. The summed E-state index contributed by atoms with van der Waals surface area (Å²) in [6.45, 7) is 6.22. The van der Waals surface area contributed by atoms with E-state index in [1.54, 1.807) is 18.4 Å². The Labute approximate surface area is 161 Å². The molecule has 3 rings (SSSR count). The highest BCUT2D eigenvalue weighted by Crippen LogP contribution is 2.33. The molecule has 0 spiro atoms. The van der Waals surface area contributed by atoms with E-state index in [-0.39, 0.29) is 12.3 Å². The molecule has 1 amide bonds. The standard InChI is InChI=1S/C19H21N3O2S2/c1-11(2)18-20-13(9-25-18)8-17(23)22-19-21-15(10-26-19)14-7-12(3)5-6-16(14)24-4/h5-7,9-11H,8H2,1-4H3,(H,21,22,23). The molecule has 0 aliphatic carbocycles. The zero-order valence-corrected chi connectivity index (χ0v) is 16.8. The van der Waals surface area contributed by atoms with Crippen molar-refractivity contribution in [3.8, 4) is 17.0 Å². The van der Waals surface area contributed by atoms with E-state index in [9.17, 15) is 4.79 Å². The number of thiazole rings is 2. The van der Waals surface area contributed by atoms with Crippen LogP contribution in [-0.2, 0) is 11.2 Å². The summed E-state index contributed by atoms with van der Waals surface area (Å²) < 4.78 is 5.42. The number of carbonyl (C=O) groups excluding carboxylic acids is 1. The van der Waals surface area contributed by atoms with Crippen molar-refractivity contribution in [1.82, 2.24) is 9.97 Å². The molecule has 5 nitrogen and oxygen atoms in total. The third-order valence-electron chi connectivity index (χ3n) is 3.79. The van der Waals surface area contributed by atoms with E-state index in [1.807, 2.05) is 35.9 Å². The summed E-state index contributed by atoms with van der Waals surface area (Å²) in [6, 6.07) is 5.95. The predicted octanol–water partition coefficient (Wildman–Crippen LogP) is 4.89. The van der Waals surface area contributed by atoms with Crippen LogP contribution >= 0.6 is 22.7 Å². The molecular formula is C19H21N3O2S2. The lowest BCUT2D eigenvalue weighted by molar-refractivity contribution is -0.115. The van der Waals surface area contributed by atoms with E-state index in [4.69, 9.17) is 4.74 Å². The first-order valence-corrected chi connectivity index (χ1v) is 10.1. The number of methoxy groups -OCH3 is 1. The van der Waals surface area contributed by atoms with Gasteiger partial charge in [0.25, 0.3) is 0 Å². The first-order valence-electron chi connectivity index (χ1n) is 8.31. The summed E-state index contributed by atoms with van der Waals surface area (Å²) in [5.74, 6) is 1.04. The van der Waals surface area contributed by atoms with Gasteiger partial charge in [0, 0.05) is 22.2 Å². The molecular weight excluding hydrogens is 366 g/mol. The van der Waals surface area contributed by atoms with Crippen molar-refractivity contribution in [2.75, 3.05) is 12.4 Å². The average molecular weight is 388 g/mol. The smallest absolute Gasteiger partial charge is 0.232 e. The van der Waals surface area contributed by atoms with Crippen LogP contribution in [0.25, 0.3) is 11.3 Å². The molecule has 0 radical (unpaired) electrons. The lowest BCUT2D eigenvalue weighted by Crippen LogP contribution is -2.14. The van der Waals surface area contributed by atoms with Crippen molar-refractivity contribution >= 4 is 33.7 Å². The van der Waals surface area contributed by atoms with Crippen LogP contribution in [-0.4, -0.2) is 23.0 Å². The molecule has 1 N–H and O–H groups in total. The minimum Gasteiger partial charge on any atom is -0.496 e. The number of rotatable bonds is 6. The van der Waals surface area contributed by atoms with Crippen LogP contribution in [0.15, 0.2) is 29.0 Å². The lowest BCUT2D eigenvalue weighted by atomic mass is 10.1. The fraction of sp³-hybridized carbons (Fsp3) is 0.316. The number of carbonyl (C=O) groups is 1. The summed E-state index contributed by atoms with van der Waals surface area (Å²) >= 11 is 3.00. The Hall–Kier alpha value is -2.25. The molecule has 0 aliphatic rings. The first kappa shape index (κ1) is 18.5. The molecule has 2 heterocycles. The van der Waals surface area contributed by atoms with E-state index >= 15 is 0 Å². The second-order valence-electron chi connectivity index (χ2n) is 6.30. The number of aromatic nitrogens is 2. The maximum atomic E-state index is 12.3. The highest BCUT2D eigenvalue weighted by atomic mass is 32.1. The average Bonchev–Trinajstić information content (AvgIpc) is 3.24. The lowest BCUT2D eigenvalue weighted by Gasteiger charge is -2.07. The third-order valence-corrected chi connectivity index (χ3v) is 5.74. The minimum atomic E-state index is -0.109. The van der Waals surface area contributed by atoms with Gasteiger partial charge >= 0.3 is 0 Å². The summed E-state index contributed by atoms with van der Waals surface area (Å²) in [6.07, 6.45) is 0.256. The number of nitrogens with one attached hydrogen (secondary N) is 1. The van der Waals surface area contributed by atoms with Gasteiger partial charge in [-0.05, 0) is 19.1 Å². The molecule has 26 heavy (non-hydrogen) atoms. The van der Waals surface area contributed by atoms with E-state index in [0.29, 0.717) is 11.0 Å². The largest absolute Gasteiger partial charge is 0.496 e. The van der Waals surface area contributed by atoms with Gasteiger partial charge in [0.1, 0.15) is 5.75 Å².